The minimum atomic E-state index is -3.12. The lowest BCUT2D eigenvalue weighted by molar-refractivity contribution is -0.116. The van der Waals surface area contributed by atoms with Gasteiger partial charge in [-0.25, -0.2) is 13.4 Å². The molecule has 1 atom stereocenters. The monoisotopic (exact) mass is 350 g/mol. The smallest absolute Gasteiger partial charge is 0.224 e. The number of nitrogens with zero attached hydrogens (tertiary/aromatic N) is 1. The van der Waals surface area contributed by atoms with E-state index in [1.165, 1.54) is 5.41 Å². The van der Waals surface area contributed by atoms with Crippen LogP contribution in [-0.4, -0.2) is 25.1 Å². The topological polar surface area (TPSA) is 76.1 Å². The SMILES string of the molecule is CC(C)c1nc2ccc(NC(=O)CC3C=CS(=O)(=O)C3)cc2s1. The first-order chi connectivity index (χ1) is 10.8. The summed E-state index contributed by atoms with van der Waals surface area (Å²) in [6.07, 6.45) is 1.77. The molecule has 0 saturated heterocycles. The van der Waals surface area contributed by atoms with E-state index in [2.05, 4.69) is 24.1 Å². The van der Waals surface area contributed by atoms with Gasteiger partial charge in [-0.1, -0.05) is 19.9 Å². The maximum atomic E-state index is 12.1. The number of allylic oxidation sites excluding steroid dienone is 1. The number of anilines is 1. The maximum absolute atomic E-state index is 12.1. The Bertz CT molecular complexity index is 882. The van der Waals surface area contributed by atoms with Crippen molar-refractivity contribution in [2.45, 2.75) is 26.2 Å². The van der Waals surface area contributed by atoms with Gasteiger partial charge in [0.2, 0.25) is 5.91 Å². The number of carbonyl (C=O) groups excluding carboxylic acids is 1. The number of rotatable bonds is 4. The molecule has 0 saturated carbocycles. The van der Waals surface area contributed by atoms with Gasteiger partial charge in [-0.05, 0) is 18.2 Å². The van der Waals surface area contributed by atoms with Gasteiger partial charge < -0.3 is 5.32 Å². The van der Waals surface area contributed by atoms with Gasteiger partial charge in [0.15, 0.2) is 9.84 Å². The summed E-state index contributed by atoms with van der Waals surface area (Å²) in [6, 6.07) is 5.64. The van der Waals surface area contributed by atoms with Crippen molar-refractivity contribution >= 4 is 43.0 Å². The fraction of sp³-hybridized carbons (Fsp3) is 0.375. The Labute approximate surface area is 139 Å². The molecule has 1 aliphatic rings. The average molecular weight is 350 g/mol. The second-order valence-electron chi connectivity index (χ2n) is 6.06. The summed E-state index contributed by atoms with van der Waals surface area (Å²) in [7, 11) is -3.12. The van der Waals surface area contributed by atoms with Crippen molar-refractivity contribution in [2.24, 2.45) is 5.92 Å². The summed E-state index contributed by atoms with van der Waals surface area (Å²) in [4.78, 5) is 16.6. The van der Waals surface area contributed by atoms with Gasteiger partial charge in [-0.2, -0.15) is 0 Å². The van der Waals surface area contributed by atoms with Crippen LogP contribution >= 0.6 is 11.3 Å². The highest BCUT2D eigenvalue weighted by Crippen LogP contribution is 2.29. The first-order valence-electron chi connectivity index (χ1n) is 7.44. The molecular weight excluding hydrogens is 332 g/mol. The van der Waals surface area contributed by atoms with Crippen molar-refractivity contribution in [1.29, 1.82) is 0 Å². The van der Waals surface area contributed by atoms with Gasteiger partial charge in [0.1, 0.15) is 0 Å². The zero-order chi connectivity index (χ0) is 16.6. The van der Waals surface area contributed by atoms with Gasteiger partial charge >= 0.3 is 0 Å². The fourth-order valence-corrected chi connectivity index (χ4v) is 4.89. The third-order valence-corrected chi connectivity index (χ3v) is 6.42. The molecule has 3 rings (SSSR count). The minimum absolute atomic E-state index is 0.0199. The Morgan fingerprint density at radius 1 is 1.43 bits per heavy atom. The minimum Gasteiger partial charge on any atom is -0.326 e. The number of hydrogen-bond acceptors (Lipinski definition) is 5. The van der Waals surface area contributed by atoms with Crippen LogP contribution < -0.4 is 5.32 Å². The lowest BCUT2D eigenvalue weighted by Crippen LogP contribution is -2.17. The van der Waals surface area contributed by atoms with E-state index in [9.17, 15) is 13.2 Å². The van der Waals surface area contributed by atoms with Crippen molar-refractivity contribution in [2.75, 3.05) is 11.1 Å². The van der Waals surface area contributed by atoms with E-state index in [0.717, 1.165) is 15.2 Å². The zero-order valence-electron chi connectivity index (χ0n) is 12.9. The van der Waals surface area contributed by atoms with Crippen LogP contribution in [-0.2, 0) is 14.6 Å². The van der Waals surface area contributed by atoms with Crippen molar-refractivity contribution in [3.63, 3.8) is 0 Å². The van der Waals surface area contributed by atoms with Gasteiger partial charge in [0.25, 0.3) is 0 Å². The number of fused-ring (bicyclic) bond motifs is 1. The fourth-order valence-electron chi connectivity index (χ4n) is 2.48. The maximum Gasteiger partial charge on any atom is 0.224 e. The molecule has 5 nitrogen and oxygen atoms in total. The second kappa shape index (κ2) is 6.05. The molecule has 1 unspecified atom stereocenters. The summed E-state index contributed by atoms with van der Waals surface area (Å²) >= 11 is 1.63. The summed E-state index contributed by atoms with van der Waals surface area (Å²) in [6.45, 7) is 4.20. The molecule has 1 aromatic carbocycles. The van der Waals surface area contributed by atoms with Crippen molar-refractivity contribution < 1.29 is 13.2 Å². The molecule has 0 aliphatic carbocycles. The molecule has 2 heterocycles. The quantitative estimate of drug-likeness (QED) is 0.918. The van der Waals surface area contributed by atoms with Crippen LogP contribution in [0, 0.1) is 5.92 Å². The molecule has 0 fully saturated rings. The molecule has 122 valence electrons. The third kappa shape index (κ3) is 3.79. The standard InChI is InChI=1S/C16H18N2O3S2/c1-10(2)16-18-13-4-3-12(8-14(13)22-16)17-15(19)7-11-5-6-23(20,21)9-11/h3-6,8,10-11H,7,9H2,1-2H3,(H,17,19). The largest absolute Gasteiger partial charge is 0.326 e. The van der Waals surface area contributed by atoms with E-state index >= 15 is 0 Å². The Hall–Kier alpha value is -1.73. The second-order valence-corrected chi connectivity index (χ2v) is 9.05. The Kier molecular flexibility index (Phi) is 4.25. The molecule has 1 aromatic heterocycles. The molecule has 0 radical (unpaired) electrons. The lowest BCUT2D eigenvalue weighted by atomic mass is 10.1. The normalized spacial score (nSPS) is 19.5. The molecule has 1 N–H and O–H groups in total. The molecular formula is C16H18N2O3S2. The summed E-state index contributed by atoms with van der Waals surface area (Å²) in [5, 5.41) is 5.11. The number of amides is 1. The van der Waals surface area contributed by atoms with Gasteiger partial charge in [-0.3, -0.25) is 4.79 Å². The number of hydrogen-bond donors (Lipinski definition) is 1. The van der Waals surface area contributed by atoms with Crippen LogP contribution in [0.3, 0.4) is 0 Å². The number of nitrogens with one attached hydrogen (secondary N) is 1. The molecule has 2 aromatic rings. The Morgan fingerprint density at radius 2 is 2.22 bits per heavy atom. The highest BCUT2D eigenvalue weighted by molar-refractivity contribution is 7.94. The van der Waals surface area contributed by atoms with E-state index in [-0.39, 0.29) is 24.0 Å². The van der Waals surface area contributed by atoms with E-state index in [1.807, 2.05) is 18.2 Å². The first-order valence-corrected chi connectivity index (χ1v) is 9.97. The number of benzene rings is 1. The number of sulfone groups is 1. The van der Waals surface area contributed by atoms with Crippen LogP contribution in [0.2, 0.25) is 0 Å². The van der Waals surface area contributed by atoms with Crippen LogP contribution in [0.4, 0.5) is 5.69 Å². The lowest BCUT2D eigenvalue weighted by Gasteiger charge is -2.08. The molecule has 1 aliphatic heterocycles. The average Bonchev–Trinajstić information content (AvgIpc) is 3.01. The predicted octanol–water partition coefficient (Wildman–Crippen LogP) is 3.31. The number of thiazole rings is 1. The predicted molar refractivity (Wildman–Crippen MR) is 93.4 cm³/mol. The van der Waals surface area contributed by atoms with E-state index in [4.69, 9.17) is 0 Å². The number of carbonyl (C=O) groups is 1. The van der Waals surface area contributed by atoms with Gasteiger partial charge in [-0.15, -0.1) is 11.3 Å². The van der Waals surface area contributed by atoms with E-state index in [1.54, 1.807) is 17.4 Å². The van der Waals surface area contributed by atoms with Gasteiger partial charge in [0, 0.05) is 29.4 Å². The Balaban J connectivity index is 1.69. The Morgan fingerprint density at radius 3 is 2.87 bits per heavy atom. The van der Waals surface area contributed by atoms with E-state index in [0.29, 0.717) is 11.6 Å². The molecule has 1 amide bonds. The van der Waals surface area contributed by atoms with Gasteiger partial charge in [0.05, 0.1) is 21.0 Å². The van der Waals surface area contributed by atoms with Crippen molar-refractivity contribution in [1.82, 2.24) is 4.98 Å². The summed E-state index contributed by atoms with van der Waals surface area (Å²) in [5.74, 6) is -0.0163. The molecule has 0 bridgehead atoms. The third-order valence-electron chi connectivity index (χ3n) is 3.63. The van der Waals surface area contributed by atoms with Crippen molar-refractivity contribution in [3.05, 3.63) is 34.7 Å². The number of aromatic nitrogens is 1. The first kappa shape index (κ1) is 16.1. The molecule has 0 spiro atoms. The highest BCUT2D eigenvalue weighted by atomic mass is 32.2. The summed E-state index contributed by atoms with van der Waals surface area (Å²) < 4.78 is 23.8. The van der Waals surface area contributed by atoms with Crippen LogP contribution in [0.25, 0.3) is 10.2 Å². The highest BCUT2D eigenvalue weighted by Gasteiger charge is 2.23. The zero-order valence-corrected chi connectivity index (χ0v) is 14.6. The molecule has 23 heavy (non-hydrogen) atoms. The van der Waals surface area contributed by atoms with Crippen molar-refractivity contribution in [3.8, 4) is 0 Å². The van der Waals surface area contributed by atoms with Crippen LogP contribution in [0.1, 0.15) is 31.2 Å². The molecule has 7 heteroatoms. The van der Waals surface area contributed by atoms with Crippen LogP contribution in [0.5, 0.6) is 0 Å². The van der Waals surface area contributed by atoms with Crippen LogP contribution in [0.15, 0.2) is 29.7 Å². The van der Waals surface area contributed by atoms with E-state index < -0.39 is 9.84 Å². The summed E-state index contributed by atoms with van der Waals surface area (Å²) in [5.41, 5.74) is 1.65.